The molecule has 10 heavy (non-hydrogen) atoms. The lowest BCUT2D eigenvalue weighted by Crippen LogP contribution is -2.20. The van der Waals surface area contributed by atoms with Gasteiger partial charge >= 0.3 is 0 Å². The van der Waals surface area contributed by atoms with Crippen LogP contribution in [0.25, 0.3) is 0 Å². The topological polar surface area (TPSA) is 70.0 Å². The van der Waals surface area contributed by atoms with Crippen LogP contribution < -0.4 is 5.32 Å². The number of carbonyl (C=O) groups excluding carboxylic acids is 2. The summed E-state index contributed by atoms with van der Waals surface area (Å²) in [5.74, 6) is -2.59. The summed E-state index contributed by atoms with van der Waals surface area (Å²) in [6.07, 6.45) is 0. The first kappa shape index (κ1) is 6.83. The van der Waals surface area contributed by atoms with Gasteiger partial charge in [-0.05, 0) is 0 Å². The Balaban J connectivity index is 2.98. The van der Waals surface area contributed by atoms with Gasteiger partial charge in [-0.1, -0.05) is 12.2 Å². The van der Waals surface area contributed by atoms with Gasteiger partial charge in [0.05, 0.1) is 6.07 Å². The Morgan fingerprint density at radius 1 is 1.60 bits per heavy atom. The molecule has 0 aromatic heterocycles. The maximum atomic E-state index is 10.6. The average Bonchev–Trinajstić information content (AvgIpc) is 2.09. The molecule has 1 rings (SSSR count). The van der Waals surface area contributed by atoms with Crippen LogP contribution in [-0.4, -0.2) is 16.7 Å². The Bertz CT molecular complexity index is 265. The van der Waals surface area contributed by atoms with Gasteiger partial charge < -0.3 is 5.32 Å². The Morgan fingerprint density at radius 3 is 2.40 bits per heavy atom. The zero-order valence-electron chi connectivity index (χ0n) is 4.75. The van der Waals surface area contributed by atoms with Crippen molar-refractivity contribution in [1.82, 2.24) is 5.32 Å². The quantitative estimate of drug-likeness (QED) is 0.364. The summed E-state index contributed by atoms with van der Waals surface area (Å²) < 4.78 is 0. The first-order valence-electron chi connectivity index (χ1n) is 2.45. The highest BCUT2D eigenvalue weighted by molar-refractivity contribution is 7.80. The van der Waals surface area contributed by atoms with E-state index >= 15 is 0 Å². The lowest BCUT2D eigenvalue weighted by molar-refractivity contribution is -0.135. The van der Waals surface area contributed by atoms with Crippen LogP contribution in [0.1, 0.15) is 0 Å². The van der Waals surface area contributed by atoms with Gasteiger partial charge in [0.1, 0.15) is 4.99 Å². The van der Waals surface area contributed by atoms with E-state index < -0.39 is 17.6 Å². The Morgan fingerprint density at radius 2 is 2.20 bits per heavy atom. The second-order valence-electron chi connectivity index (χ2n) is 1.74. The third-order valence-corrected chi connectivity index (χ3v) is 1.45. The molecule has 1 aliphatic heterocycles. The molecule has 0 spiro atoms. The van der Waals surface area contributed by atoms with Gasteiger partial charge in [0.2, 0.25) is 5.78 Å². The number of amides is 1. The summed E-state index contributed by atoms with van der Waals surface area (Å²) in [6.45, 7) is 0. The highest BCUT2D eigenvalue weighted by Crippen LogP contribution is 2.05. The molecule has 0 saturated carbocycles. The monoisotopic (exact) mass is 154 g/mol. The van der Waals surface area contributed by atoms with Crippen molar-refractivity contribution < 1.29 is 9.59 Å². The van der Waals surface area contributed by atoms with E-state index in [1.807, 2.05) is 0 Å². The van der Waals surface area contributed by atoms with Gasteiger partial charge in [-0.2, -0.15) is 5.26 Å². The van der Waals surface area contributed by atoms with E-state index in [4.69, 9.17) is 5.26 Å². The van der Waals surface area contributed by atoms with Crippen molar-refractivity contribution in [2.75, 3.05) is 0 Å². The van der Waals surface area contributed by atoms with Gasteiger partial charge in [0.15, 0.2) is 5.92 Å². The van der Waals surface area contributed by atoms with Crippen molar-refractivity contribution in [3.05, 3.63) is 0 Å². The Kier molecular flexibility index (Phi) is 1.47. The van der Waals surface area contributed by atoms with Gasteiger partial charge in [-0.3, -0.25) is 9.59 Å². The molecule has 1 saturated heterocycles. The summed E-state index contributed by atoms with van der Waals surface area (Å²) in [6, 6.07) is 1.62. The third-order valence-electron chi connectivity index (χ3n) is 1.11. The molecule has 1 atom stereocenters. The van der Waals surface area contributed by atoms with Crippen molar-refractivity contribution in [2.24, 2.45) is 5.92 Å². The number of nitrogens with one attached hydrogen (secondary N) is 1. The first-order chi connectivity index (χ1) is 4.66. The molecule has 50 valence electrons. The van der Waals surface area contributed by atoms with Crippen molar-refractivity contribution in [2.45, 2.75) is 0 Å². The van der Waals surface area contributed by atoms with E-state index in [1.54, 1.807) is 6.07 Å². The van der Waals surface area contributed by atoms with Crippen molar-refractivity contribution in [3.8, 4) is 6.07 Å². The van der Waals surface area contributed by atoms with Crippen molar-refractivity contribution in [3.63, 3.8) is 0 Å². The molecule has 0 radical (unpaired) electrons. The summed E-state index contributed by atoms with van der Waals surface area (Å²) in [5, 5.41) is 10.4. The molecular formula is C5H2N2O2S. The van der Waals surface area contributed by atoms with E-state index in [-0.39, 0.29) is 4.99 Å². The fourth-order valence-electron chi connectivity index (χ4n) is 0.613. The molecule has 5 heteroatoms. The first-order valence-corrected chi connectivity index (χ1v) is 2.86. The molecular weight excluding hydrogens is 152 g/mol. The number of Topliss-reactive ketones (excluding diaryl/α,β-unsaturated/α-hetero) is 1. The predicted molar refractivity (Wildman–Crippen MR) is 34.9 cm³/mol. The largest absolute Gasteiger partial charge is 0.312 e. The highest BCUT2D eigenvalue weighted by Gasteiger charge is 2.36. The number of rotatable bonds is 0. The molecule has 1 aliphatic rings. The lowest BCUT2D eigenvalue weighted by Gasteiger charge is -1.88. The number of thiocarbonyl (C=S) groups is 1. The van der Waals surface area contributed by atoms with Gasteiger partial charge in [-0.25, -0.2) is 0 Å². The normalized spacial score (nSPS) is 24.3. The summed E-state index contributed by atoms with van der Waals surface area (Å²) in [5.41, 5.74) is 0. The minimum atomic E-state index is -1.05. The molecule has 1 heterocycles. The molecule has 1 unspecified atom stereocenters. The molecule has 1 fully saturated rings. The van der Waals surface area contributed by atoms with Crippen LogP contribution in [-0.2, 0) is 9.59 Å². The minimum absolute atomic E-state index is 0.0116. The van der Waals surface area contributed by atoms with Crippen LogP contribution in [0.2, 0.25) is 0 Å². The van der Waals surface area contributed by atoms with E-state index in [9.17, 15) is 9.59 Å². The number of ketones is 1. The summed E-state index contributed by atoms with van der Waals surface area (Å²) in [4.78, 5) is 21.1. The molecule has 0 aromatic rings. The van der Waals surface area contributed by atoms with E-state index in [0.717, 1.165) is 0 Å². The number of nitrogens with zero attached hydrogens (tertiary/aromatic N) is 1. The van der Waals surface area contributed by atoms with Crippen LogP contribution in [0, 0.1) is 17.2 Å². The fourth-order valence-corrected chi connectivity index (χ4v) is 0.866. The van der Waals surface area contributed by atoms with Crippen LogP contribution in [0.3, 0.4) is 0 Å². The molecule has 0 bridgehead atoms. The summed E-state index contributed by atoms with van der Waals surface area (Å²) in [7, 11) is 0. The van der Waals surface area contributed by atoms with E-state index in [1.165, 1.54) is 0 Å². The van der Waals surface area contributed by atoms with Crippen molar-refractivity contribution in [1.29, 1.82) is 5.26 Å². The Labute approximate surface area is 61.8 Å². The van der Waals surface area contributed by atoms with Gasteiger partial charge in [0, 0.05) is 0 Å². The molecule has 0 aromatic carbocycles. The second kappa shape index (κ2) is 2.15. The average molecular weight is 154 g/mol. The second-order valence-corrected chi connectivity index (χ2v) is 2.18. The van der Waals surface area contributed by atoms with Crippen LogP contribution in [0.15, 0.2) is 0 Å². The number of hydrogen-bond acceptors (Lipinski definition) is 4. The SMILES string of the molecule is N#CC1C(=O)C(=O)NC1=S. The highest BCUT2D eigenvalue weighted by atomic mass is 32.1. The number of nitriles is 1. The maximum Gasteiger partial charge on any atom is 0.294 e. The fraction of sp³-hybridized carbons (Fsp3) is 0.200. The van der Waals surface area contributed by atoms with Crippen LogP contribution in [0.5, 0.6) is 0 Å². The zero-order chi connectivity index (χ0) is 7.72. The molecule has 1 amide bonds. The standard InChI is InChI=1S/C5H2N2O2S/c6-1-2-3(8)4(9)7-5(2)10/h2H,(H,7,9,10). The van der Waals surface area contributed by atoms with Crippen molar-refractivity contribution >= 4 is 28.9 Å². The minimum Gasteiger partial charge on any atom is -0.312 e. The third kappa shape index (κ3) is 0.786. The van der Waals surface area contributed by atoms with E-state index in [2.05, 4.69) is 17.5 Å². The maximum absolute atomic E-state index is 10.6. The molecule has 4 nitrogen and oxygen atoms in total. The predicted octanol–water partition coefficient (Wildman–Crippen LogP) is -0.848. The van der Waals surface area contributed by atoms with Crippen LogP contribution in [0.4, 0.5) is 0 Å². The van der Waals surface area contributed by atoms with Crippen LogP contribution >= 0.6 is 12.2 Å². The summed E-state index contributed by atoms with van der Waals surface area (Å²) >= 11 is 4.52. The molecule has 0 aliphatic carbocycles. The number of carbonyl (C=O) groups is 2. The molecule has 1 N–H and O–H groups in total. The smallest absolute Gasteiger partial charge is 0.294 e. The van der Waals surface area contributed by atoms with Gasteiger partial charge in [0.25, 0.3) is 5.91 Å². The number of hydrogen-bond donors (Lipinski definition) is 1. The lowest BCUT2D eigenvalue weighted by atomic mass is 10.1. The zero-order valence-corrected chi connectivity index (χ0v) is 5.57. The van der Waals surface area contributed by atoms with Gasteiger partial charge in [-0.15, -0.1) is 0 Å². The van der Waals surface area contributed by atoms with E-state index in [0.29, 0.717) is 0 Å². The Hall–Kier alpha value is -1.28.